The Bertz CT molecular complexity index is 1550. The van der Waals surface area contributed by atoms with Crippen LogP contribution in [-0.2, 0) is 17.9 Å². The number of nitrogens with one attached hydrogen (secondary N) is 1. The number of oxazole rings is 1. The van der Waals surface area contributed by atoms with Gasteiger partial charge in [-0.3, -0.25) is 9.48 Å². The molecule has 11 nitrogen and oxygen atoms in total. The number of aromatic nitrogens is 3. The Hall–Kier alpha value is -4.19. The number of anilines is 2. The molecule has 2 aromatic heterocycles. The number of rotatable bonds is 5. The maximum absolute atomic E-state index is 14.6. The summed E-state index contributed by atoms with van der Waals surface area (Å²) in [6, 6.07) is 6.19. The van der Waals surface area contributed by atoms with Crippen LogP contribution < -0.4 is 10.2 Å². The van der Waals surface area contributed by atoms with Gasteiger partial charge in [-0.25, -0.2) is 14.2 Å². The average molecular weight is 539 g/mol. The number of hydrogen-bond acceptors (Lipinski definition) is 8. The van der Waals surface area contributed by atoms with Crippen LogP contribution in [-0.4, -0.2) is 68.6 Å². The summed E-state index contributed by atoms with van der Waals surface area (Å²) in [5.41, 5.74) is 1.51. The number of carbonyl (C=O) groups is 2. The van der Waals surface area contributed by atoms with Crippen LogP contribution in [0.5, 0.6) is 0 Å². The summed E-state index contributed by atoms with van der Waals surface area (Å²) >= 11 is 0. The Kier molecular flexibility index (Phi) is 6.89. The first-order chi connectivity index (χ1) is 18.6. The van der Waals surface area contributed by atoms with Gasteiger partial charge in [-0.15, -0.1) is 0 Å². The molecule has 1 aliphatic rings. The van der Waals surface area contributed by atoms with E-state index in [-0.39, 0.29) is 28.8 Å². The topological polar surface area (TPSA) is 126 Å². The van der Waals surface area contributed by atoms with Gasteiger partial charge in [0.25, 0.3) is 5.91 Å². The van der Waals surface area contributed by atoms with Gasteiger partial charge in [0, 0.05) is 61.7 Å². The van der Waals surface area contributed by atoms with Gasteiger partial charge in [-0.1, -0.05) is 0 Å². The lowest BCUT2D eigenvalue weighted by Crippen LogP contribution is -2.50. The van der Waals surface area contributed by atoms with Gasteiger partial charge in [-0.05, 0) is 45.9 Å². The first kappa shape index (κ1) is 26.4. The zero-order chi connectivity index (χ0) is 27.9. The van der Waals surface area contributed by atoms with Crippen LogP contribution in [0, 0.1) is 5.82 Å². The van der Waals surface area contributed by atoms with Crippen LogP contribution in [0.4, 0.5) is 20.6 Å². The SMILES string of the molecule is CCn1cc2c(N3CCN(C(=O)OC(C)(C)C)CC3)ccc(C(=O)Nc3cc(F)c4nc(CO)oc4c3)c2n1. The minimum Gasteiger partial charge on any atom is -0.444 e. The van der Waals surface area contributed by atoms with Crippen molar-refractivity contribution in [1.29, 1.82) is 0 Å². The molecular weight excluding hydrogens is 507 g/mol. The molecule has 2 amide bonds. The molecule has 12 heteroatoms. The summed E-state index contributed by atoms with van der Waals surface area (Å²) in [6.45, 7) is 9.86. The zero-order valence-electron chi connectivity index (χ0n) is 22.3. The number of aliphatic hydroxyl groups is 1. The smallest absolute Gasteiger partial charge is 0.410 e. The van der Waals surface area contributed by atoms with Gasteiger partial charge in [0.2, 0.25) is 5.89 Å². The molecular formula is C27H31FN6O5. The highest BCUT2D eigenvalue weighted by molar-refractivity contribution is 6.14. The largest absolute Gasteiger partial charge is 0.444 e. The number of benzene rings is 2. The number of piperazine rings is 1. The maximum Gasteiger partial charge on any atom is 0.410 e. The molecule has 1 fully saturated rings. The van der Waals surface area contributed by atoms with Gasteiger partial charge in [0.05, 0.1) is 5.56 Å². The Morgan fingerprint density at radius 3 is 2.56 bits per heavy atom. The van der Waals surface area contributed by atoms with Crippen molar-refractivity contribution in [3.05, 3.63) is 47.7 Å². The normalized spacial score (nSPS) is 14.3. The lowest BCUT2D eigenvalue weighted by molar-refractivity contribution is 0.0240. The summed E-state index contributed by atoms with van der Waals surface area (Å²) in [5.74, 6) is -1.14. The second-order valence-corrected chi connectivity index (χ2v) is 10.4. The summed E-state index contributed by atoms with van der Waals surface area (Å²) in [4.78, 5) is 33.5. The third-order valence-electron chi connectivity index (χ3n) is 6.43. The Morgan fingerprint density at radius 2 is 1.90 bits per heavy atom. The third kappa shape index (κ3) is 5.37. The van der Waals surface area contributed by atoms with Crippen LogP contribution in [0.3, 0.4) is 0 Å². The number of fused-ring (bicyclic) bond motifs is 2. The zero-order valence-corrected chi connectivity index (χ0v) is 22.3. The summed E-state index contributed by atoms with van der Waals surface area (Å²) in [6.07, 6.45) is 1.57. The fourth-order valence-corrected chi connectivity index (χ4v) is 4.59. The van der Waals surface area contributed by atoms with Crippen molar-refractivity contribution in [2.24, 2.45) is 0 Å². The van der Waals surface area contributed by atoms with Crippen LogP contribution in [0.1, 0.15) is 43.9 Å². The third-order valence-corrected chi connectivity index (χ3v) is 6.43. The van der Waals surface area contributed by atoms with Crippen molar-refractivity contribution in [2.45, 2.75) is 46.4 Å². The highest BCUT2D eigenvalue weighted by Gasteiger charge is 2.27. The number of aryl methyl sites for hydroxylation is 1. The second-order valence-electron chi connectivity index (χ2n) is 10.4. The molecule has 0 spiro atoms. The van der Waals surface area contributed by atoms with Crippen molar-refractivity contribution < 1.29 is 28.2 Å². The molecule has 39 heavy (non-hydrogen) atoms. The minimum absolute atomic E-state index is 0.0123. The molecule has 0 bridgehead atoms. The number of aliphatic hydroxyl groups excluding tert-OH is 1. The van der Waals surface area contributed by atoms with E-state index in [2.05, 4.69) is 20.3 Å². The van der Waals surface area contributed by atoms with E-state index in [1.807, 2.05) is 40.0 Å². The molecule has 5 rings (SSSR count). The molecule has 1 aliphatic heterocycles. The van der Waals surface area contributed by atoms with Crippen LogP contribution >= 0.6 is 0 Å². The highest BCUT2D eigenvalue weighted by atomic mass is 19.1. The number of carbonyl (C=O) groups excluding carboxylic acids is 2. The summed E-state index contributed by atoms with van der Waals surface area (Å²) in [5, 5.41) is 17.4. The van der Waals surface area contributed by atoms with Crippen LogP contribution in [0.2, 0.25) is 0 Å². The van der Waals surface area contributed by atoms with Gasteiger partial charge in [-0.2, -0.15) is 5.10 Å². The van der Waals surface area contributed by atoms with E-state index in [9.17, 15) is 19.1 Å². The molecule has 0 radical (unpaired) electrons. The lowest BCUT2D eigenvalue weighted by Gasteiger charge is -2.37. The van der Waals surface area contributed by atoms with E-state index in [4.69, 9.17) is 9.15 Å². The van der Waals surface area contributed by atoms with Crippen molar-refractivity contribution in [1.82, 2.24) is 19.7 Å². The van der Waals surface area contributed by atoms with Crippen molar-refractivity contribution in [2.75, 3.05) is 36.4 Å². The predicted octanol–water partition coefficient (Wildman–Crippen LogP) is 4.14. The first-order valence-corrected chi connectivity index (χ1v) is 12.8. The molecule has 0 aliphatic carbocycles. The molecule has 4 aromatic rings. The summed E-state index contributed by atoms with van der Waals surface area (Å²) < 4.78 is 27.2. The molecule has 206 valence electrons. The maximum atomic E-state index is 14.6. The van der Waals surface area contributed by atoms with E-state index in [0.29, 0.717) is 43.8 Å². The van der Waals surface area contributed by atoms with E-state index < -0.39 is 23.9 Å². The van der Waals surface area contributed by atoms with Crippen LogP contribution in [0.15, 0.2) is 34.9 Å². The number of halogens is 1. The molecule has 0 atom stereocenters. The predicted molar refractivity (Wildman–Crippen MR) is 143 cm³/mol. The van der Waals surface area contributed by atoms with E-state index in [0.717, 1.165) is 17.1 Å². The molecule has 0 saturated carbocycles. The Balaban J connectivity index is 1.39. The number of hydrogen-bond donors (Lipinski definition) is 2. The van der Waals surface area contributed by atoms with Crippen molar-refractivity contribution >= 4 is 45.4 Å². The fourth-order valence-electron chi connectivity index (χ4n) is 4.59. The van der Waals surface area contributed by atoms with Gasteiger partial charge >= 0.3 is 6.09 Å². The van der Waals surface area contributed by atoms with Crippen molar-refractivity contribution in [3.63, 3.8) is 0 Å². The minimum atomic E-state index is -0.674. The molecule has 2 N–H and O–H groups in total. The molecule has 1 saturated heterocycles. The molecule has 3 heterocycles. The first-order valence-electron chi connectivity index (χ1n) is 12.8. The molecule has 2 aromatic carbocycles. The van der Waals surface area contributed by atoms with Gasteiger partial charge in [0.15, 0.2) is 11.4 Å². The number of nitrogens with zero attached hydrogens (tertiary/aromatic N) is 5. The number of amides is 2. The van der Waals surface area contributed by atoms with E-state index in [1.54, 1.807) is 15.6 Å². The lowest BCUT2D eigenvalue weighted by atomic mass is 10.1. The van der Waals surface area contributed by atoms with E-state index >= 15 is 0 Å². The van der Waals surface area contributed by atoms with Crippen LogP contribution in [0.25, 0.3) is 22.0 Å². The Morgan fingerprint density at radius 1 is 1.15 bits per heavy atom. The average Bonchev–Trinajstić information content (AvgIpc) is 3.52. The monoisotopic (exact) mass is 538 g/mol. The summed E-state index contributed by atoms with van der Waals surface area (Å²) in [7, 11) is 0. The van der Waals surface area contributed by atoms with Crippen molar-refractivity contribution in [3.8, 4) is 0 Å². The molecule has 0 unspecified atom stereocenters. The quantitative estimate of drug-likeness (QED) is 0.388. The van der Waals surface area contributed by atoms with Gasteiger partial charge in [0.1, 0.15) is 23.2 Å². The van der Waals surface area contributed by atoms with Gasteiger partial charge < -0.3 is 29.4 Å². The van der Waals surface area contributed by atoms with E-state index in [1.165, 1.54) is 6.07 Å². The highest BCUT2D eigenvalue weighted by Crippen LogP contribution is 2.31. The number of ether oxygens (including phenoxy) is 1. The second kappa shape index (κ2) is 10.2. The standard InChI is InChI=1S/C27H31FN6O5/c1-5-34-14-18-20(32-8-10-33(11-9-32)26(37)39-27(2,3)4)7-6-17(23(18)31-34)25(36)29-16-12-19(28)24-21(13-16)38-22(15-35)30-24/h6-7,12-14,35H,5,8-11,15H2,1-4H3,(H,29,36). The fraction of sp³-hybridized carbons (Fsp3) is 0.407. The Labute approximate surface area is 224 Å².